The molecule has 0 saturated heterocycles. The highest BCUT2D eigenvalue weighted by Gasteiger charge is 2.13. The second kappa shape index (κ2) is 9.92. The number of ketones is 1. The first kappa shape index (κ1) is 20.7. The van der Waals surface area contributed by atoms with E-state index in [0.717, 1.165) is 0 Å². The van der Waals surface area contributed by atoms with Crippen molar-refractivity contribution in [1.82, 2.24) is 0 Å². The lowest BCUT2D eigenvalue weighted by molar-refractivity contribution is -0.0512. The fourth-order valence-corrected chi connectivity index (χ4v) is 2.30. The normalized spacial score (nSPS) is 10.6. The van der Waals surface area contributed by atoms with Gasteiger partial charge in [-0.15, -0.1) is 0 Å². The Kier molecular flexibility index (Phi) is 7.34. The Hall–Kier alpha value is -3.60. The van der Waals surface area contributed by atoms with E-state index >= 15 is 0 Å². The summed E-state index contributed by atoms with van der Waals surface area (Å²) in [7, 11) is 2.75. The van der Waals surface area contributed by atoms with Crippen LogP contribution in [0.1, 0.15) is 15.9 Å². The molecule has 0 aliphatic rings. The maximum absolute atomic E-state index is 12.4. The molecule has 0 aliphatic carbocycles. The minimum absolute atomic E-state index is 0.0280. The first-order valence-corrected chi connectivity index (χ1v) is 8.01. The zero-order valence-electron chi connectivity index (χ0n) is 15.1. The Bertz CT molecular complexity index is 906. The highest BCUT2D eigenvalue weighted by Crippen LogP contribution is 2.30. The molecule has 0 aliphatic heterocycles. The van der Waals surface area contributed by atoms with E-state index in [0.29, 0.717) is 17.1 Å². The quantitative estimate of drug-likeness (QED) is 0.475. The molecule has 0 N–H and O–H groups in total. The van der Waals surface area contributed by atoms with E-state index in [1.54, 1.807) is 24.3 Å². The molecule has 0 unspecified atom stereocenters. The number of ether oxygens (including phenoxy) is 4. The summed E-state index contributed by atoms with van der Waals surface area (Å²) in [6, 6.07) is 10.8. The van der Waals surface area contributed by atoms with Crippen molar-refractivity contribution in [3.63, 3.8) is 0 Å². The summed E-state index contributed by atoms with van der Waals surface area (Å²) >= 11 is 0. The molecule has 0 amide bonds. The number of allylic oxidation sites excluding steroid dienone is 1. The first-order chi connectivity index (χ1) is 13.5. The van der Waals surface area contributed by atoms with E-state index < -0.39 is 6.61 Å². The highest BCUT2D eigenvalue weighted by atomic mass is 19.3. The number of nitriles is 1. The van der Waals surface area contributed by atoms with Gasteiger partial charge in [-0.25, -0.2) is 0 Å². The number of methoxy groups -OCH3 is 2. The van der Waals surface area contributed by atoms with Gasteiger partial charge in [0, 0.05) is 5.56 Å². The number of rotatable bonds is 9. The summed E-state index contributed by atoms with van der Waals surface area (Å²) in [6.45, 7) is -3.11. The van der Waals surface area contributed by atoms with Crippen LogP contribution in [0.2, 0.25) is 0 Å². The van der Waals surface area contributed by atoms with Crippen LogP contribution in [-0.2, 0) is 0 Å². The molecule has 28 heavy (non-hydrogen) atoms. The zero-order chi connectivity index (χ0) is 20.5. The predicted molar refractivity (Wildman–Crippen MR) is 97.1 cm³/mol. The van der Waals surface area contributed by atoms with Gasteiger partial charge in [-0.2, -0.15) is 14.0 Å². The standard InChI is InChI=1S/C20H17F2NO5/c1-25-18-11-13(4-7-16(18)27-10-9-23)3-6-15(24)14-5-8-17(28-20(21)22)19(12-14)26-2/h3-8,11-12,20H,10H2,1-2H3/b6-3+. The van der Waals surface area contributed by atoms with Crippen molar-refractivity contribution in [1.29, 1.82) is 5.26 Å². The third kappa shape index (κ3) is 5.45. The molecule has 0 saturated carbocycles. The molecule has 0 spiro atoms. The fourth-order valence-electron chi connectivity index (χ4n) is 2.30. The lowest BCUT2D eigenvalue weighted by Gasteiger charge is -2.10. The molecular weight excluding hydrogens is 372 g/mol. The number of hydrogen-bond donors (Lipinski definition) is 0. The van der Waals surface area contributed by atoms with Crippen molar-refractivity contribution < 1.29 is 32.5 Å². The molecule has 8 heteroatoms. The van der Waals surface area contributed by atoms with Crippen molar-refractivity contribution >= 4 is 11.9 Å². The number of benzene rings is 2. The number of carbonyl (C=O) groups is 1. The molecule has 2 aromatic carbocycles. The van der Waals surface area contributed by atoms with Crippen LogP contribution in [0, 0.1) is 11.3 Å². The Morgan fingerprint density at radius 1 is 1.07 bits per heavy atom. The molecule has 0 aromatic heterocycles. The number of nitrogens with zero attached hydrogens (tertiary/aromatic N) is 1. The van der Waals surface area contributed by atoms with Crippen LogP contribution in [0.3, 0.4) is 0 Å². The Labute approximate surface area is 160 Å². The van der Waals surface area contributed by atoms with Gasteiger partial charge in [-0.1, -0.05) is 12.1 Å². The van der Waals surface area contributed by atoms with Crippen LogP contribution >= 0.6 is 0 Å². The first-order valence-electron chi connectivity index (χ1n) is 8.01. The minimum Gasteiger partial charge on any atom is -0.493 e. The van der Waals surface area contributed by atoms with Crippen LogP contribution in [-0.4, -0.2) is 33.2 Å². The fraction of sp³-hybridized carbons (Fsp3) is 0.200. The molecule has 146 valence electrons. The third-order valence-corrected chi connectivity index (χ3v) is 3.57. The van der Waals surface area contributed by atoms with Gasteiger partial charge < -0.3 is 18.9 Å². The monoisotopic (exact) mass is 389 g/mol. The van der Waals surface area contributed by atoms with Crippen LogP contribution in [0.4, 0.5) is 8.78 Å². The molecule has 0 heterocycles. The van der Waals surface area contributed by atoms with Gasteiger partial charge in [0.2, 0.25) is 0 Å². The van der Waals surface area contributed by atoms with Gasteiger partial charge in [0.15, 0.2) is 35.4 Å². The summed E-state index contributed by atoms with van der Waals surface area (Å²) in [6.07, 6.45) is 2.89. The molecule has 0 radical (unpaired) electrons. The van der Waals surface area contributed by atoms with Gasteiger partial charge >= 0.3 is 6.61 Å². The smallest absolute Gasteiger partial charge is 0.387 e. The third-order valence-electron chi connectivity index (χ3n) is 3.57. The summed E-state index contributed by atoms with van der Waals surface area (Å²) in [5, 5.41) is 8.58. The van der Waals surface area contributed by atoms with Gasteiger partial charge in [0.05, 0.1) is 14.2 Å². The Morgan fingerprint density at radius 2 is 1.75 bits per heavy atom. The maximum atomic E-state index is 12.4. The summed E-state index contributed by atoms with van der Waals surface area (Å²) in [5.74, 6) is 0.341. The van der Waals surface area contributed by atoms with Gasteiger partial charge in [0.25, 0.3) is 0 Å². The maximum Gasteiger partial charge on any atom is 0.387 e. The minimum atomic E-state index is -2.99. The number of carbonyl (C=O) groups excluding carboxylic acids is 1. The van der Waals surface area contributed by atoms with Crippen molar-refractivity contribution in [3.05, 3.63) is 53.6 Å². The van der Waals surface area contributed by atoms with Crippen LogP contribution in [0.5, 0.6) is 23.0 Å². The lowest BCUT2D eigenvalue weighted by atomic mass is 10.1. The molecule has 0 bridgehead atoms. The zero-order valence-corrected chi connectivity index (χ0v) is 15.1. The molecule has 0 atom stereocenters. The van der Waals surface area contributed by atoms with E-state index in [-0.39, 0.29) is 29.5 Å². The number of halogens is 2. The van der Waals surface area contributed by atoms with Gasteiger partial charge in [-0.05, 0) is 42.0 Å². The highest BCUT2D eigenvalue weighted by molar-refractivity contribution is 6.07. The number of hydrogen-bond acceptors (Lipinski definition) is 6. The molecule has 2 aromatic rings. The largest absolute Gasteiger partial charge is 0.493 e. The van der Waals surface area contributed by atoms with Crippen molar-refractivity contribution in [3.8, 4) is 29.1 Å². The van der Waals surface area contributed by atoms with E-state index in [4.69, 9.17) is 19.5 Å². The summed E-state index contributed by atoms with van der Waals surface area (Å²) in [4.78, 5) is 12.4. The summed E-state index contributed by atoms with van der Waals surface area (Å²) in [5.41, 5.74) is 0.912. The van der Waals surface area contributed by atoms with Crippen LogP contribution < -0.4 is 18.9 Å². The van der Waals surface area contributed by atoms with E-state index in [1.807, 2.05) is 6.07 Å². The average molecular weight is 389 g/mol. The van der Waals surface area contributed by atoms with E-state index in [9.17, 15) is 13.6 Å². The van der Waals surface area contributed by atoms with Crippen LogP contribution in [0.25, 0.3) is 6.08 Å². The Morgan fingerprint density at radius 3 is 2.39 bits per heavy atom. The molecular formula is C20H17F2NO5. The van der Waals surface area contributed by atoms with Crippen LogP contribution in [0.15, 0.2) is 42.5 Å². The second-order valence-corrected chi connectivity index (χ2v) is 5.30. The topological polar surface area (TPSA) is 77.8 Å². The second-order valence-electron chi connectivity index (χ2n) is 5.30. The van der Waals surface area contributed by atoms with E-state index in [2.05, 4.69) is 4.74 Å². The van der Waals surface area contributed by atoms with E-state index in [1.165, 1.54) is 38.5 Å². The summed E-state index contributed by atoms with van der Waals surface area (Å²) < 4.78 is 44.5. The van der Waals surface area contributed by atoms with Gasteiger partial charge in [0.1, 0.15) is 6.07 Å². The van der Waals surface area contributed by atoms with Crippen molar-refractivity contribution in [2.24, 2.45) is 0 Å². The lowest BCUT2D eigenvalue weighted by Crippen LogP contribution is -2.04. The molecule has 6 nitrogen and oxygen atoms in total. The number of alkyl halides is 2. The Balaban J connectivity index is 2.18. The van der Waals surface area contributed by atoms with Crippen molar-refractivity contribution in [2.45, 2.75) is 6.61 Å². The van der Waals surface area contributed by atoms with Gasteiger partial charge in [-0.3, -0.25) is 4.79 Å². The van der Waals surface area contributed by atoms with Crippen molar-refractivity contribution in [2.75, 3.05) is 20.8 Å². The molecule has 0 fully saturated rings. The average Bonchev–Trinajstić information content (AvgIpc) is 2.70. The molecule has 2 rings (SSSR count). The predicted octanol–water partition coefficient (Wildman–Crippen LogP) is 4.10. The SMILES string of the molecule is COc1cc(/C=C/C(=O)c2ccc(OC(F)F)c(OC)c2)ccc1OCC#N.